The average Bonchev–Trinajstić information content (AvgIpc) is 2.66. The second kappa shape index (κ2) is 11.2. The highest BCUT2D eigenvalue weighted by Crippen LogP contribution is 2.29. The van der Waals surface area contributed by atoms with Gasteiger partial charge in [0.05, 0.1) is 5.56 Å². The number of benzene rings is 2. The largest absolute Gasteiger partial charge is 0.206 e. The standard InChI is InChI=1S/C24H31F3/c1-3-4-5-6-7-8-9-10-11-12-19-13-15-20(16-14-19)22-21(25)17-18(2)23(26)24(22)27/h13-17H,3-12H2,1-2H3. The van der Waals surface area contributed by atoms with Crippen molar-refractivity contribution in [3.8, 4) is 11.1 Å². The predicted octanol–water partition coefficient (Wildman–Crippen LogP) is 8.15. The zero-order chi connectivity index (χ0) is 19.6. The fraction of sp³-hybridized carbons (Fsp3) is 0.500. The summed E-state index contributed by atoms with van der Waals surface area (Å²) in [6, 6.07) is 8.18. The molecule has 2 rings (SSSR count). The molecule has 148 valence electrons. The first-order valence-corrected chi connectivity index (χ1v) is 10.3. The van der Waals surface area contributed by atoms with Crippen LogP contribution < -0.4 is 0 Å². The van der Waals surface area contributed by atoms with Gasteiger partial charge in [-0.2, -0.15) is 0 Å². The molecule has 0 radical (unpaired) electrons. The SMILES string of the molecule is CCCCCCCCCCCc1ccc(-c2c(F)cc(C)c(F)c2F)cc1. The molecule has 0 aliphatic rings. The minimum atomic E-state index is -1.11. The number of aryl methyl sites for hydroxylation is 2. The molecule has 2 aromatic rings. The molecule has 0 atom stereocenters. The highest BCUT2D eigenvalue weighted by molar-refractivity contribution is 5.65. The maximum Gasteiger partial charge on any atom is 0.169 e. The third-order valence-electron chi connectivity index (χ3n) is 5.15. The molecule has 0 spiro atoms. The summed E-state index contributed by atoms with van der Waals surface area (Å²) in [6.45, 7) is 3.60. The molecule has 0 aliphatic carbocycles. The van der Waals surface area contributed by atoms with Crippen LogP contribution in [0.1, 0.15) is 75.8 Å². The Kier molecular flexibility index (Phi) is 8.90. The summed E-state index contributed by atoms with van der Waals surface area (Å²) in [5.41, 5.74) is 1.22. The third-order valence-corrected chi connectivity index (χ3v) is 5.15. The molecule has 0 amide bonds. The number of rotatable bonds is 11. The number of halogens is 3. The van der Waals surface area contributed by atoms with Crippen LogP contribution in [-0.2, 0) is 6.42 Å². The van der Waals surface area contributed by atoms with E-state index in [2.05, 4.69) is 6.92 Å². The van der Waals surface area contributed by atoms with Gasteiger partial charge in [-0.1, -0.05) is 82.6 Å². The van der Waals surface area contributed by atoms with Crippen LogP contribution in [0.2, 0.25) is 0 Å². The van der Waals surface area contributed by atoms with Gasteiger partial charge in [0.15, 0.2) is 11.6 Å². The first kappa shape index (κ1) is 21.5. The van der Waals surface area contributed by atoms with Gasteiger partial charge in [0, 0.05) is 0 Å². The van der Waals surface area contributed by atoms with E-state index in [9.17, 15) is 13.2 Å². The smallest absolute Gasteiger partial charge is 0.169 e. The summed E-state index contributed by atoms with van der Waals surface area (Å²) in [5, 5.41) is 0. The average molecular weight is 377 g/mol. The van der Waals surface area contributed by atoms with Crippen LogP contribution in [0.25, 0.3) is 11.1 Å². The van der Waals surface area contributed by atoms with Crippen molar-refractivity contribution in [3.63, 3.8) is 0 Å². The highest BCUT2D eigenvalue weighted by Gasteiger charge is 2.18. The Labute approximate surface area is 161 Å². The molecular formula is C24H31F3. The molecule has 0 bridgehead atoms. The summed E-state index contributed by atoms with van der Waals surface area (Å²) < 4.78 is 42.0. The van der Waals surface area contributed by atoms with Gasteiger partial charge in [-0.05, 0) is 42.5 Å². The predicted molar refractivity (Wildman–Crippen MR) is 107 cm³/mol. The molecule has 0 aromatic heterocycles. The summed E-state index contributed by atoms with van der Waals surface area (Å²) in [6.07, 6.45) is 12.5. The van der Waals surface area contributed by atoms with Gasteiger partial charge in [-0.3, -0.25) is 0 Å². The van der Waals surface area contributed by atoms with Gasteiger partial charge in [0.1, 0.15) is 5.82 Å². The lowest BCUT2D eigenvalue weighted by Gasteiger charge is -2.09. The lowest BCUT2D eigenvalue weighted by molar-refractivity contribution is 0.493. The third kappa shape index (κ3) is 6.41. The minimum absolute atomic E-state index is 0.0178. The summed E-state index contributed by atoms with van der Waals surface area (Å²) in [7, 11) is 0. The zero-order valence-corrected chi connectivity index (χ0v) is 16.6. The van der Waals surface area contributed by atoms with E-state index in [4.69, 9.17) is 0 Å². The second-order valence-electron chi connectivity index (χ2n) is 7.45. The van der Waals surface area contributed by atoms with Crippen LogP contribution >= 0.6 is 0 Å². The normalized spacial score (nSPS) is 11.1. The quantitative estimate of drug-likeness (QED) is 0.274. The minimum Gasteiger partial charge on any atom is -0.206 e. The van der Waals surface area contributed by atoms with Gasteiger partial charge >= 0.3 is 0 Å². The topological polar surface area (TPSA) is 0 Å². The molecule has 0 saturated carbocycles. The van der Waals surface area contributed by atoms with Crippen molar-refractivity contribution in [2.24, 2.45) is 0 Å². The van der Waals surface area contributed by atoms with Gasteiger partial charge in [0.2, 0.25) is 0 Å². The first-order chi connectivity index (χ1) is 13.0. The van der Waals surface area contributed by atoms with Crippen molar-refractivity contribution in [2.75, 3.05) is 0 Å². The molecular weight excluding hydrogens is 345 g/mol. The van der Waals surface area contributed by atoms with Gasteiger partial charge in [-0.15, -0.1) is 0 Å². The van der Waals surface area contributed by atoms with Crippen molar-refractivity contribution in [2.45, 2.75) is 78.1 Å². The Morgan fingerprint density at radius 1 is 0.704 bits per heavy atom. The van der Waals surface area contributed by atoms with E-state index in [-0.39, 0.29) is 11.1 Å². The van der Waals surface area contributed by atoms with Crippen molar-refractivity contribution in [1.29, 1.82) is 0 Å². The van der Waals surface area contributed by atoms with E-state index >= 15 is 0 Å². The van der Waals surface area contributed by atoms with E-state index in [0.29, 0.717) is 5.56 Å². The molecule has 0 N–H and O–H groups in total. The van der Waals surface area contributed by atoms with Crippen LogP contribution in [0.5, 0.6) is 0 Å². The number of hydrogen-bond acceptors (Lipinski definition) is 0. The van der Waals surface area contributed by atoms with E-state index < -0.39 is 17.5 Å². The second-order valence-corrected chi connectivity index (χ2v) is 7.45. The maximum atomic E-state index is 14.1. The lowest BCUT2D eigenvalue weighted by atomic mass is 9.99. The maximum absolute atomic E-state index is 14.1. The van der Waals surface area contributed by atoms with Crippen molar-refractivity contribution in [3.05, 3.63) is 58.9 Å². The molecule has 2 aromatic carbocycles. The van der Waals surface area contributed by atoms with Gasteiger partial charge < -0.3 is 0 Å². The van der Waals surface area contributed by atoms with E-state index in [1.54, 1.807) is 12.1 Å². The molecule has 0 saturated heterocycles. The Balaban J connectivity index is 1.80. The van der Waals surface area contributed by atoms with Gasteiger partial charge in [0.25, 0.3) is 0 Å². The number of hydrogen-bond donors (Lipinski definition) is 0. The van der Waals surface area contributed by atoms with E-state index in [1.807, 2.05) is 12.1 Å². The first-order valence-electron chi connectivity index (χ1n) is 10.3. The molecule has 3 heteroatoms. The van der Waals surface area contributed by atoms with Crippen molar-refractivity contribution in [1.82, 2.24) is 0 Å². The molecule has 0 aliphatic heterocycles. The molecule has 0 fully saturated rings. The van der Waals surface area contributed by atoms with Crippen molar-refractivity contribution < 1.29 is 13.2 Å². The zero-order valence-electron chi connectivity index (χ0n) is 16.6. The molecule has 0 nitrogen and oxygen atoms in total. The fourth-order valence-corrected chi connectivity index (χ4v) is 3.46. The van der Waals surface area contributed by atoms with Crippen LogP contribution in [0.3, 0.4) is 0 Å². The Bertz CT molecular complexity index is 705. The lowest BCUT2D eigenvalue weighted by Crippen LogP contribution is -1.98. The van der Waals surface area contributed by atoms with E-state index in [1.165, 1.54) is 58.3 Å². The molecule has 0 heterocycles. The Morgan fingerprint density at radius 3 is 1.85 bits per heavy atom. The van der Waals surface area contributed by atoms with Crippen LogP contribution in [0.4, 0.5) is 13.2 Å². The van der Waals surface area contributed by atoms with E-state index in [0.717, 1.165) is 24.5 Å². The number of unbranched alkanes of at least 4 members (excludes halogenated alkanes) is 8. The van der Waals surface area contributed by atoms with Crippen LogP contribution in [-0.4, -0.2) is 0 Å². The Morgan fingerprint density at radius 2 is 1.26 bits per heavy atom. The summed E-state index contributed by atoms with van der Waals surface area (Å²) in [5.74, 6) is -2.82. The van der Waals surface area contributed by atoms with Gasteiger partial charge in [-0.25, -0.2) is 13.2 Å². The Hall–Kier alpha value is -1.77. The van der Waals surface area contributed by atoms with Crippen LogP contribution in [0.15, 0.2) is 30.3 Å². The highest BCUT2D eigenvalue weighted by atomic mass is 19.2. The molecule has 27 heavy (non-hydrogen) atoms. The monoisotopic (exact) mass is 376 g/mol. The van der Waals surface area contributed by atoms with Crippen molar-refractivity contribution >= 4 is 0 Å². The fourth-order valence-electron chi connectivity index (χ4n) is 3.46. The summed E-state index contributed by atoms with van der Waals surface area (Å²) >= 11 is 0. The molecule has 0 unspecified atom stereocenters. The van der Waals surface area contributed by atoms with Crippen LogP contribution in [0, 0.1) is 24.4 Å². The summed E-state index contributed by atoms with van der Waals surface area (Å²) in [4.78, 5) is 0.